The number of benzene rings is 1. The monoisotopic (exact) mass is 345 g/mol. The number of hydrogen-bond acceptors (Lipinski definition) is 4. The third kappa shape index (κ3) is 2.38. The van der Waals surface area contributed by atoms with Gasteiger partial charge in [-0.2, -0.15) is 5.10 Å². The van der Waals surface area contributed by atoms with Crippen molar-refractivity contribution in [1.82, 2.24) is 9.78 Å². The number of halogens is 1. The summed E-state index contributed by atoms with van der Waals surface area (Å²) >= 11 is 1.93. The fourth-order valence-electron chi connectivity index (χ4n) is 1.34. The topological polar surface area (TPSA) is 70.2 Å². The average Bonchev–Trinajstić information content (AvgIpc) is 2.76. The quantitative estimate of drug-likeness (QED) is 0.487. The van der Waals surface area contributed by atoms with Crippen molar-refractivity contribution < 1.29 is 9.66 Å². The van der Waals surface area contributed by atoms with E-state index in [4.69, 9.17) is 4.74 Å². The summed E-state index contributed by atoms with van der Waals surface area (Å²) in [5.41, 5.74) is 0.844. The summed E-state index contributed by atoms with van der Waals surface area (Å²) in [7, 11) is 1.56. The first-order valence-electron chi connectivity index (χ1n) is 4.65. The first-order valence-corrected chi connectivity index (χ1v) is 5.72. The van der Waals surface area contributed by atoms with Crippen LogP contribution in [-0.4, -0.2) is 21.8 Å². The molecule has 0 aliphatic carbocycles. The molecule has 6 nitrogen and oxygen atoms in total. The predicted molar refractivity (Wildman–Crippen MR) is 69.5 cm³/mol. The summed E-state index contributed by atoms with van der Waals surface area (Å²) in [6.07, 6.45) is 3.28. The van der Waals surface area contributed by atoms with Crippen LogP contribution >= 0.6 is 22.6 Å². The number of ether oxygens (including phenoxy) is 1. The van der Waals surface area contributed by atoms with Gasteiger partial charge in [-0.05, 0) is 34.7 Å². The minimum atomic E-state index is -0.408. The van der Waals surface area contributed by atoms with Gasteiger partial charge in [-0.15, -0.1) is 0 Å². The molecule has 7 heteroatoms. The molecule has 1 aromatic carbocycles. The van der Waals surface area contributed by atoms with Crippen LogP contribution in [0.3, 0.4) is 0 Å². The Balaban J connectivity index is 2.40. The maximum Gasteiger partial charge on any atom is 0.282 e. The Labute approximate surface area is 110 Å². The number of methoxy groups -OCH3 is 1. The molecule has 17 heavy (non-hydrogen) atoms. The molecule has 0 spiro atoms. The summed E-state index contributed by atoms with van der Waals surface area (Å²) in [5, 5.41) is 14.8. The van der Waals surface area contributed by atoms with Crippen LogP contribution in [0.4, 0.5) is 5.69 Å². The molecule has 0 saturated carbocycles. The van der Waals surface area contributed by atoms with Crippen molar-refractivity contribution in [1.29, 1.82) is 0 Å². The summed E-state index contributed by atoms with van der Waals surface area (Å²) in [4.78, 5) is 10.3. The summed E-state index contributed by atoms with van der Waals surface area (Å²) in [6, 6.07) is 4.81. The molecule has 0 aliphatic heterocycles. The molecule has 0 aliphatic rings. The van der Waals surface area contributed by atoms with E-state index in [1.807, 2.05) is 22.6 Å². The Bertz CT molecular complexity index is 568. The van der Waals surface area contributed by atoms with E-state index in [9.17, 15) is 10.1 Å². The Morgan fingerprint density at radius 3 is 2.82 bits per heavy atom. The van der Waals surface area contributed by atoms with Crippen molar-refractivity contribution in [2.75, 3.05) is 7.11 Å². The van der Waals surface area contributed by atoms with E-state index in [0.717, 1.165) is 5.69 Å². The van der Waals surface area contributed by atoms with E-state index < -0.39 is 4.92 Å². The Morgan fingerprint density at radius 1 is 1.53 bits per heavy atom. The molecule has 88 valence electrons. The molecule has 2 rings (SSSR count). The molecule has 0 fully saturated rings. The molecule has 0 amide bonds. The van der Waals surface area contributed by atoms with E-state index in [-0.39, 0.29) is 5.69 Å². The smallest absolute Gasteiger partial charge is 0.282 e. The number of nitrogens with zero attached hydrogens (tertiary/aromatic N) is 3. The van der Waals surface area contributed by atoms with Crippen molar-refractivity contribution in [3.05, 3.63) is 44.3 Å². The lowest BCUT2D eigenvalue weighted by Gasteiger charge is -2.02. The fourth-order valence-corrected chi connectivity index (χ4v) is 2.04. The Morgan fingerprint density at radius 2 is 2.29 bits per heavy atom. The van der Waals surface area contributed by atoms with Gasteiger partial charge in [0.05, 0.1) is 33.7 Å². The number of nitro groups is 1. The lowest BCUT2D eigenvalue weighted by Crippen LogP contribution is -1.97. The first kappa shape index (κ1) is 11.8. The minimum Gasteiger partial charge on any atom is -0.493 e. The zero-order chi connectivity index (χ0) is 12.4. The molecule has 0 atom stereocenters. The summed E-state index contributed by atoms with van der Waals surface area (Å²) in [6.45, 7) is 0. The molecule has 0 radical (unpaired) electrons. The van der Waals surface area contributed by atoms with Crippen LogP contribution in [0.15, 0.2) is 30.6 Å². The van der Waals surface area contributed by atoms with Crippen LogP contribution in [0.2, 0.25) is 0 Å². The van der Waals surface area contributed by atoms with Crippen LogP contribution in [0, 0.1) is 13.7 Å². The minimum absolute atomic E-state index is 0.0912. The molecule has 0 saturated heterocycles. The van der Waals surface area contributed by atoms with Gasteiger partial charge in [-0.3, -0.25) is 10.1 Å². The lowest BCUT2D eigenvalue weighted by molar-refractivity contribution is -0.385. The van der Waals surface area contributed by atoms with Crippen molar-refractivity contribution in [3.8, 4) is 11.4 Å². The largest absolute Gasteiger partial charge is 0.493 e. The van der Waals surface area contributed by atoms with Crippen molar-refractivity contribution in [3.63, 3.8) is 0 Å². The average molecular weight is 345 g/mol. The second-order valence-electron chi connectivity index (χ2n) is 3.22. The van der Waals surface area contributed by atoms with Gasteiger partial charge in [0.2, 0.25) is 0 Å². The zero-order valence-electron chi connectivity index (χ0n) is 8.83. The van der Waals surface area contributed by atoms with E-state index in [0.29, 0.717) is 9.32 Å². The second-order valence-corrected chi connectivity index (χ2v) is 4.38. The number of nitro benzene ring substituents is 1. The zero-order valence-corrected chi connectivity index (χ0v) is 11.0. The van der Waals surface area contributed by atoms with Crippen LogP contribution in [-0.2, 0) is 0 Å². The number of rotatable bonds is 3. The van der Waals surface area contributed by atoms with E-state index in [1.165, 1.54) is 6.07 Å². The van der Waals surface area contributed by atoms with Crippen molar-refractivity contribution in [2.45, 2.75) is 0 Å². The SMILES string of the molecule is COc1cnn(-c2ccc([N+](=O)[O-])c(I)c2)c1. The highest BCUT2D eigenvalue weighted by Gasteiger charge is 2.12. The van der Waals surface area contributed by atoms with Gasteiger partial charge in [-0.1, -0.05) is 0 Å². The second kappa shape index (κ2) is 4.70. The van der Waals surface area contributed by atoms with Crippen molar-refractivity contribution in [2.24, 2.45) is 0 Å². The van der Waals surface area contributed by atoms with E-state index in [2.05, 4.69) is 5.10 Å². The highest BCUT2D eigenvalue weighted by Crippen LogP contribution is 2.24. The standard InChI is InChI=1S/C10H8IN3O3/c1-17-8-5-12-13(6-8)7-2-3-10(14(15)16)9(11)4-7/h2-6H,1H3. The molecule has 2 aromatic rings. The highest BCUT2D eigenvalue weighted by atomic mass is 127. The summed E-state index contributed by atoms with van der Waals surface area (Å²) < 4.78 is 7.19. The van der Waals surface area contributed by atoms with Gasteiger partial charge >= 0.3 is 0 Å². The van der Waals surface area contributed by atoms with Gasteiger partial charge in [0.15, 0.2) is 5.75 Å². The lowest BCUT2D eigenvalue weighted by atomic mass is 10.3. The first-order chi connectivity index (χ1) is 8.11. The van der Waals surface area contributed by atoms with Crippen LogP contribution in [0.1, 0.15) is 0 Å². The Kier molecular flexibility index (Phi) is 3.27. The normalized spacial score (nSPS) is 10.2. The molecular formula is C10H8IN3O3. The maximum absolute atomic E-state index is 10.7. The molecule has 1 heterocycles. The third-order valence-electron chi connectivity index (χ3n) is 2.19. The van der Waals surface area contributed by atoms with Crippen molar-refractivity contribution >= 4 is 28.3 Å². The number of hydrogen-bond donors (Lipinski definition) is 0. The van der Waals surface area contributed by atoms with Gasteiger partial charge in [0.25, 0.3) is 5.69 Å². The molecule has 0 unspecified atom stereocenters. The number of aromatic nitrogens is 2. The van der Waals surface area contributed by atoms with Gasteiger partial charge in [0.1, 0.15) is 0 Å². The summed E-state index contributed by atoms with van der Waals surface area (Å²) in [5.74, 6) is 0.637. The van der Waals surface area contributed by atoms with Crippen LogP contribution < -0.4 is 4.74 Å². The van der Waals surface area contributed by atoms with E-state index in [1.54, 1.807) is 36.3 Å². The maximum atomic E-state index is 10.7. The molecule has 0 N–H and O–H groups in total. The molecule has 1 aromatic heterocycles. The molecular weight excluding hydrogens is 337 g/mol. The Hall–Kier alpha value is -1.64. The fraction of sp³-hybridized carbons (Fsp3) is 0.100. The molecule has 0 bridgehead atoms. The predicted octanol–water partition coefficient (Wildman–Crippen LogP) is 2.39. The van der Waals surface area contributed by atoms with Gasteiger partial charge < -0.3 is 4.74 Å². The van der Waals surface area contributed by atoms with E-state index >= 15 is 0 Å². The van der Waals surface area contributed by atoms with Crippen LogP contribution in [0.25, 0.3) is 5.69 Å². The third-order valence-corrected chi connectivity index (χ3v) is 3.05. The van der Waals surface area contributed by atoms with Crippen LogP contribution in [0.5, 0.6) is 5.75 Å². The van der Waals surface area contributed by atoms with Gasteiger partial charge in [-0.25, -0.2) is 4.68 Å². The highest BCUT2D eigenvalue weighted by molar-refractivity contribution is 14.1. The van der Waals surface area contributed by atoms with Gasteiger partial charge in [0, 0.05) is 6.07 Å².